The van der Waals surface area contributed by atoms with Gasteiger partial charge in [0, 0.05) is 27.8 Å². The molecule has 5 aromatic carbocycles. The summed E-state index contributed by atoms with van der Waals surface area (Å²) in [7, 11) is -31.1. The van der Waals surface area contributed by atoms with Gasteiger partial charge in [-0.2, -0.15) is 47.2 Å². The largest absolute Gasteiger partial charge is 1.00 e. The van der Waals surface area contributed by atoms with Crippen molar-refractivity contribution < 1.29 is 367 Å². The molecule has 0 bridgehead atoms. The van der Waals surface area contributed by atoms with Gasteiger partial charge in [0.25, 0.3) is 40.5 Å². The van der Waals surface area contributed by atoms with Crippen molar-refractivity contribution >= 4 is 111 Å². The average Bonchev–Trinajstić information content (AvgIpc) is 3.08. The maximum Gasteiger partial charge on any atom is 1.00 e. The van der Waals surface area contributed by atoms with E-state index in [4.69, 9.17) is 10.3 Å². The van der Waals surface area contributed by atoms with Gasteiger partial charge < -0.3 is 21.1 Å². The second kappa shape index (κ2) is 27.3. The van der Waals surface area contributed by atoms with E-state index in [1.807, 2.05) is 0 Å². The molecule has 0 heterocycles. The molecule has 0 fully saturated rings. The molecular weight excluding hydrogens is 1190 g/mol. The Morgan fingerprint density at radius 1 is 0.515 bits per heavy atom. The molecule has 5 rings (SSSR count). The number of phenolic OH excluding ortho intramolecular Hbond substituents is 3. The fourth-order valence-corrected chi connectivity index (χ4v) is 9.58. The van der Waals surface area contributed by atoms with Crippen molar-refractivity contribution in [2.45, 2.75) is 24.5 Å². The van der Waals surface area contributed by atoms with Gasteiger partial charge >= 0.3 is 267 Å². The quantitative estimate of drug-likeness (QED) is 0.0229. The van der Waals surface area contributed by atoms with Crippen LogP contribution in [-0.4, -0.2) is 101 Å². The standard InChI is InChI=1S/C28H23N5O21S6.Cu.5K/c29-24-20(57(42,43)44)11-19(56(39,40)41)16-3-4-17(28(36)23(16)24)31-30-13-1-2-15-12(7-13)8-21(58(45,46)47)25(26(15)34)33-32-18-9-14(10-22(27(18)35)59(48,49)50)55(37,38)6-5-54-60(51,52)53;;;;;;/h1-4,7-11,34-36H,5-6,29H2,(H,39,40,41)(H,42,43,44)(H,45,46,47)(H,48,49,50)(H,51,52,53);;;;;;/q;;5*+1. The number of hydrogen-bond donors (Lipinski definition) is 9. The maximum absolute atomic E-state index is 12.8. The molecule has 0 spiro atoms. The molecule has 0 amide bonds. The summed E-state index contributed by atoms with van der Waals surface area (Å²) >= 11 is 0. The molecule has 0 aliphatic rings. The summed E-state index contributed by atoms with van der Waals surface area (Å²) in [5.41, 5.74) is 2.06. The zero-order valence-corrected chi connectivity index (χ0v) is 55.6. The van der Waals surface area contributed by atoms with Gasteiger partial charge in [-0.15, -0.1) is 15.3 Å². The van der Waals surface area contributed by atoms with Crippen molar-refractivity contribution in [3.05, 3.63) is 54.6 Å². The van der Waals surface area contributed by atoms with Gasteiger partial charge in [0.05, 0.1) is 34.0 Å². The van der Waals surface area contributed by atoms with Crippen molar-refractivity contribution in [3.8, 4) is 17.2 Å². The second-order valence-corrected chi connectivity index (χ2v) is 20.5. The first-order valence-corrected chi connectivity index (χ1v) is 23.9. The van der Waals surface area contributed by atoms with Gasteiger partial charge in [0.1, 0.15) is 36.6 Å². The van der Waals surface area contributed by atoms with E-state index in [0.717, 1.165) is 30.3 Å². The molecule has 0 saturated heterocycles. The molecule has 66 heavy (non-hydrogen) atoms. The van der Waals surface area contributed by atoms with E-state index < -0.39 is 148 Å². The number of azo groups is 2. The van der Waals surface area contributed by atoms with Crippen molar-refractivity contribution in [1.82, 2.24) is 0 Å². The first kappa shape index (κ1) is 71.3. The minimum absolute atomic E-state index is 0. The Morgan fingerprint density at radius 3 is 1.55 bits per heavy atom. The number of rotatable bonds is 13. The van der Waals surface area contributed by atoms with Gasteiger partial charge in [-0.05, 0) is 53.9 Å². The van der Waals surface area contributed by atoms with Crippen LogP contribution in [0.5, 0.6) is 17.2 Å². The third-order valence-electron chi connectivity index (χ3n) is 7.87. The SMILES string of the molecule is Nc1c(S(=O)(=O)O)cc(S(=O)(=O)O)c2ccc(N=Nc3ccc4c(O)c(N=Nc5cc(S(=O)(=O)CCOS(=O)(=O)O)cc(S(=O)(=O)O)c5O)c(S(=O)(=O)O)cc4c3)c(O)c12.[Cu].[K+].[K+].[K+].[K+].[K+]. The summed E-state index contributed by atoms with van der Waals surface area (Å²) in [6, 6.07) is 6.84. The normalized spacial score (nSPS) is 12.3. The number of phenols is 3. The number of fused-ring (bicyclic) bond motifs is 2. The zero-order chi connectivity index (χ0) is 45.1. The summed E-state index contributed by atoms with van der Waals surface area (Å²) in [5.74, 6) is -4.77. The number of nitrogen functional groups attached to an aromatic ring is 1. The van der Waals surface area contributed by atoms with Gasteiger partial charge in [-0.1, -0.05) is 6.07 Å². The molecule has 0 aliphatic carbocycles. The first-order chi connectivity index (χ1) is 27.3. The number of sulfone groups is 1. The van der Waals surface area contributed by atoms with Crippen LogP contribution in [0.1, 0.15) is 0 Å². The van der Waals surface area contributed by atoms with Gasteiger partial charge in [-0.3, -0.25) is 22.8 Å². The molecule has 26 nitrogen and oxygen atoms in total. The van der Waals surface area contributed by atoms with Crippen molar-refractivity contribution in [2.24, 2.45) is 20.5 Å². The Labute approximate surface area is 598 Å². The Hall–Kier alpha value is 3.18. The van der Waals surface area contributed by atoms with E-state index in [9.17, 15) is 84.0 Å². The minimum Gasteiger partial charge on any atom is -0.505 e. The number of anilines is 1. The van der Waals surface area contributed by atoms with Crippen LogP contribution in [0, 0.1) is 0 Å². The molecule has 0 saturated carbocycles. The molecule has 0 atom stereocenters. The van der Waals surface area contributed by atoms with Crippen LogP contribution < -0.4 is 263 Å². The topological polar surface area (TPSA) is 451 Å². The van der Waals surface area contributed by atoms with Crippen LogP contribution in [0.4, 0.5) is 28.4 Å². The molecule has 0 unspecified atom stereocenters. The second-order valence-electron chi connectivity index (χ2n) is 11.8. The van der Waals surface area contributed by atoms with Gasteiger partial charge in [0.2, 0.25) is 0 Å². The average molecular weight is 1220 g/mol. The van der Waals surface area contributed by atoms with Crippen LogP contribution in [0.15, 0.2) is 99.5 Å². The predicted molar refractivity (Wildman–Crippen MR) is 201 cm³/mol. The summed E-state index contributed by atoms with van der Waals surface area (Å²) < 4.78 is 195. The van der Waals surface area contributed by atoms with Crippen LogP contribution >= 0.6 is 0 Å². The third kappa shape index (κ3) is 17.6. The van der Waals surface area contributed by atoms with Crippen LogP contribution in [0.3, 0.4) is 0 Å². The maximum atomic E-state index is 12.8. The summed E-state index contributed by atoms with van der Waals surface area (Å²) in [6.07, 6.45) is 0. The fourth-order valence-electron chi connectivity index (χ4n) is 5.26. The Bertz CT molecular complexity index is 3460. The van der Waals surface area contributed by atoms with Gasteiger partial charge in [-0.25, -0.2) is 12.6 Å². The Balaban J connectivity index is 0. The number of hydrogen-bond acceptors (Lipinski definition) is 21. The van der Waals surface area contributed by atoms with Crippen LogP contribution in [0.2, 0.25) is 0 Å². The molecule has 0 aromatic heterocycles. The van der Waals surface area contributed by atoms with Crippen molar-refractivity contribution in [3.63, 3.8) is 0 Å². The van der Waals surface area contributed by atoms with E-state index in [0.29, 0.717) is 18.2 Å². The fraction of sp³-hybridized carbons (Fsp3) is 0.0714. The van der Waals surface area contributed by atoms with E-state index in [1.165, 1.54) is 0 Å². The monoisotopic (exact) mass is 1210 g/mol. The predicted octanol–water partition coefficient (Wildman–Crippen LogP) is -11.9. The van der Waals surface area contributed by atoms with E-state index in [1.54, 1.807) is 0 Å². The van der Waals surface area contributed by atoms with Crippen LogP contribution in [-0.2, 0) is 82.0 Å². The van der Waals surface area contributed by atoms with E-state index in [2.05, 4.69) is 24.6 Å². The van der Waals surface area contributed by atoms with E-state index >= 15 is 0 Å². The van der Waals surface area contributed by atoms with Crippen LogP contribution in [0.25, 0.3) is 21.5 Å². The Kier molecular flexibility index (Phi) is 29.5. The molecule has 10 N–H and O–H groups in total. The third-order valence-corrected chi connectivity index (χ3v) is 13.5. The summed E-state index contributed by atoms with van der Waals surface area (Å²) in [5, 5.41) is 45.3. The number of benzene rings is 5. The Morgan fingerprint density at radius 2 is 1.03 bits per heavy atom. The van der Waals surface area contributed by atoms with Crippen molar-refractivity contribution in [2.75, 3.05) is 18.1 Å². The number of nitrogens with zero attached hydrogens (tertiary/aromatic N) is 4. The zero-order valence-electron chi connectivity index (χ0n) is 34.1. The smallest absolute Gasteiger partial charge is 0.505 e. The summed E-state index contributed by atoms with van der Waals surface area (Å²) in [4.78, 5) is -6.02. The molecule has 1 radical (unpaired) electrons. The molecule has 0 aliphatic heterocycles. The summed E-state index contributed by atoms with van der Waals surface area (Å²) in [6.45, 7) is -1.20. The van der Waals surface area contributed by atoms with E-state index in [-0.39, 0.29) is 297 Å². The number of aromatic hydroxyl groups is 3. The molecule has 333 valence electrons. The minimum atomic E-state index is -5.46. The van der Waals surface area contributed by atoms with Gasteiger partial charge in [0.15, 0.2) is 27.1 Å². The van der Waals surface area contributed by atoms with Crippen molar-refractivity contribution in [1.29, 1.82) is 0 Å². The molecule has 38 heteroatoms. The number of nitrogens with two attached hydrogens (primary N) is 1. The first-order valence-electron chi connectivity index (χ1n) is 15.1. The molecule has 5 aromatic rings. The molecular formula is C28H23CuK5N5O21S6+5.